The number of aromatic nitrogens is 2. The standard InChI is InChI=1S/C16H23N3O2/c1-3-17-10-5-8-15-18-19-16(21-15)9-11-20-14-7-4-6-13(2)12-14/h4,6-7,12,17H,3,5,8-11H2,1-2H3. The van der Waals surface area contributed by atoms with Crippen LogP contribution in [0.1, 0.15) is 30.7 Å². The van der Waals surface area contributed by atoms with Gasteiger partial charge in [-0.25, -0.2) is 0 Å². The maximum atomic E-state index is 5.68. The molecule has 0 atom stereocenters. The Morgan fingerprint density at radius 1 is 1.19 bits per heavy atom. The second kappa shape index (κ2) is 8.42. The van der Waals surface area contributed by atoms with Gasteiger partial charge in [-0.2, -0.15) is 0 Å². The van der Waals surface area contributed by atoms with Gasteiger partial charge in [0.2, 0.25) is 11.8 Å². The molecule has 2 rings (SSSR count). The third-order valence-electron chi connectivity index (χ3n) is 3.08. The number of nitrogens with zero attached hydrogens (tertiary/aromatic N) is 2. The zero-order valence-electron chi connectivity index (χ0n) is 12.8. The molecule has 0 amide bonds. The van der Waals surface area contributed by atoms with E-state index in [4.69, 9.17) is 9.15 Å². The van der Waals surface area contributed by atoms with Crippen LogP contribution >= 0.6 is 0 Å². The van der Waals surface area contributed by atoms with Crippen LogP contribution < -0.4 is 10.1 Å². The zero-order chi connectivity index (χ0) is 14.9. The van der Waals surface area contributed by atoms with Crippen molar-refractivity contribution in [3.8, 4) is 5.75 Å². The molecule has 2 aromatic rings. The minimum Gasteiger partial charge on any atom is -0.493 e. The molecule has 0 aliphatic carbocycles. The molecular formula is C16H23N3O2. The van der Waals surface area contributed by atoms with Crippen molar-refractivity contribution < 1.29 is 9.15 Å². The summed E-state index contributed by atoms with van der Waals surface area (Å²) in [4.78, 5) is 0. The first-order valence-corrected chi connectivity index (χ1v) is 7.49. The monoisotopic (exact) mass is 289 g/mol. The van der Waals surface area contributed by atoms with Crippen LogP contribution in [0.4, 0.5) is 0 Å². The van der Waals surface area contributed by atoms with Gasteiger partial charge < -0.3 is 14.5 Å². The maximum absolute atomic E-state index is 5.68. The predicted octanol–water partition coefficient (Wildman–Crippen LogP) is 2.54. The quantitative estimate of drug-likeness (QED) is 0.719. The highest BCUT2D eigenvalue weighted by Gasteiger charge is 2.06. The fourth-order valence-corrected chi connectivity index (χ4v) is 1.99. The smallest absolute Gasteiger partial charge is 0.219 e. The van der Waals surface area contributed by atoms with Crippen molar-refractivity contribution in [2.24, 2.45) is 0 Å². The molecule has 0 saturated heterocycles. The number of hydrogen-bond donors (Lipinski definition) is 1. The van der Waals surface area contributed by atoms with E-state index in [0.717, 1.165) is 31.7 Å². The molecule has 1 aromatic heterocycles. The normalized spacial score (nSPS) is 10.8. The minimum atomic E-state index is 0.544. The van der Waals surface area contributed by atoms with Crippen molar-refractivity contribution >= 4 is 0 Å². The summed E-state index contributed by atoms with van der Waals surface area (Å²) in [6, 6.07) is 8.00. The minimum absolute atomic E-state index is 0.544. The lowest BCUT2D eigenvalue weighted by Crippen LogP contribution is -2.14. The first-order chi connectivity index (χ1) is 10.3. The molecule has 5 heteroatoms. The molecule has 0 fully saturated rings. The fraction of sp³-hybridized carbons (Fsp3) is 0.500. The number of aryl methyl sites for hydroxylation is 2. The van der Waals surface area contributed by atoms with E-state index in [-0.39, 0.29) is 0 Å². The van der Waals surface area contributed by atoms with Gasteiger partial charge in [-0.3, -0.25) is 0 Å². The fourth-order valence-electron chi connectivity index (χ4n) is 1.99. The van der Waals surface area contributed by atoms with Crippen LogP contribution in [0, 0.1) is 6.92 Å². The molecule has 21 heavy (non-hydrogen) atoms. The number of benzene rings is 1. The average molecular weight is 289 g/mol. The summed E-state index contributed by atoms with van der Waals surface area (Å²) < 4.78 is 11.3. The molecule has 0 unspecified atom stereocenters. The number of rotatable bonds is 9. The summed E-state index contributed by atoms with van der Waals surface area (Å²) in [7, 11) is 0. The van der Waals surface area contributed by atoms with Gasteiger partial charge in [0.1, 0.15) is 5.75 Å². The molecule has 1 N–H and O–H groups in total. The SMILES string of the molecule is CCNCCCc1nnc(CCOc2cccc(C)c2)o1. The summed E-state index contributed by atoms with van der Waals surface area (Å²) in [5.74, 6) is 2.22. The summed E-state index contributed by atoms with van der Waals surface area (Å²) in [5.41, 5.74) is 1.19. The van der Waals surface area contributed by atoms with Crippen LogP contribution in [-0.2, 0) is 12.8 Å². The summed E-state index contributed by atoms with van der Waals surface area (Å²) in [6.45, 7) is 6.65. The van der Waals surface area contributed by atoms with Crippen LogP contribution in [0.3, 0.4) is 0 Å². The largest absolute Gasteiger partial charge is 0.493 e. The van der Waals surface area contributed by atoms with Crippen LogP contribution in [0.15, 0.2) is 28.7 Å². The van der Waals surface area contributed by atoms with Crippen LogP contribution in [0.5, 0.6) is 5.75 Å². The van der Waals surface area contributed by atoms with E-state index >= 15 is 0 Å². The number of hydrogen-bond acceptors (Lipinski definition) is 5. The van der Waals surface area contributed by atoms with Crippen molar-refractivity contribution in [1.82, 2.24) is 15.5 Å². The topological polar surface area (TPSA) is 60.2 Å². The van der Waals surface area contributed by atoms with Crippen molar-refractivity contribution in [1.29, 1.82) is 0 Å². The molecule has 0 aliphatic heterocycles. The van der Waals surface area contributed by atoms with Crippen LogP contribution in [0.25, 0.3) is 0 Å². The molecule has 0 spiro atoms. The summed E-state index contributed by atoms with van der Waals surface area (Å²) in [5, 5.41) is 11.4. The molecule has 5 nitrogen and oxygen atoms in total. The Bertz CT molecular complexity index is 540. The Balaban J connectivity index is 1.70. The first-order valence-electron chi connectivity index (χ1n) is 7.49. The van der Waals surface area contributed by atoms with Gasteiger partial charge in [0.05, 0.1) is 13.0 Å². The van der Waals surface area contributed by atoms with Crippen molar-refractivity contribution in [3.63, 3.8) is 0 Å². The van der Waals surface area contributed by atoms with Gasteiger partial charge in [0.15, 0.2) is 0 Å². The lowest BCUT2D eigenvalue weighted by molar-refractivity contribution is 0.303. The molecule has 0 bridgehead atoms. The molecule has 114 valence electrons. The molecule has 0 aliphatic rings. The van der Waals surface area contributed by atoms with E-state index in [1.807, 2.05) is 31.2 Å². The Kier molecular flexibility index (Phi) is 6.22. The number of nitrogens with one attached hydrogen (secondary N) is 1. The third kappa shape index (κ3) is 5.55. The van der Waals surface area contributed by atoms with E-state index in [1.54, 1.807) is 0 Å². The lowest BCUT2D eigenvalue weighted by atomic mass is 10.2. The Morgan fingerprint density at radius 3 is 2.76 bits per heavy atom. The van der Waals surface area contributed by atoms with E-state index in [0.29, 0.717) is 24.8 Å². The van der Waals surface area contributed by atoms with Gasteiger partial charge in [0, 0.05) is 6.42 Å². The highest BCUT2D eigenvalue weighted by atomic mass is 16.5. The second-order valence-corrected chi connectivity index (χ2v) is 4.96. The van der Waals surface area contributed by atoms with Crippen molar-refractivity contribution in [3.05, 3.63) is 41.6 Å². The molecule has 0 saturated carbocycles. The van der Waals surface area contributed by atoms with Crippen molar-refractivity contribution in [2.75, 3.05) is 19.7 Å². The Labute approximate surface area is 125 Å². The maximum Gasteiger partial charge on any atom is 0.219 e. The van der Waals surface area contributed by atoms with Crippen molar-refractivity contribution in [2.45, 2.75) is 33.1 Å². The summed E-state index contributed by atoms with van der Waals surface area (Å²) in [6.07, 6.45) is 2.46. The molecular weight excluding hydrogens is 266 g/mol. The molecule has 1 aromatic carbocycles. The Morgan fingerprint density at radius 2 is 2.00 bits per heavy atom. The Hall–Kier alpha value is -1.88. The lowest BCUT2D eigenvalue weighted by Gasteiger charge is -2.04. The highest BCUT2D eigenvalue weighted by molar-refractivity contribution is 5.27. The van der Waals surface area contributed by atoms with Crippen LogP contribution in [0.2, 0.25) is 0 Å². The van der Waals surface area contributed by atoms with E-state index in [2.05, 4.69) is 22.4 Å². The van der Waals surface area contributed by atoms with Crippen LogP contribution in [-0.4, -0.2) is 29.9 Å². The highest BCUT2D eigenvalue weighted by Crippen LogP contribution is 2.12. The molecule has 0 radical (unpaired) electrons. The third-order valence-corrected chi connectivity index (χ3v) is 3.08. The van der Waals surface area contributed by atoms with Gasteiger partial charge in [-0.1, -0.05) is 19.1 Å². The van der Waals surface area contributed by atoms with Gasteiger partial charge >= 0.3 is 0 Å². The van der Waals surface area contributed by atoms with Gasteiger partial charge in [-0.15, -0.1) is 10.2 Å². The predicted molar refractivity (Wildman–Crippen MR) is 81.5 cm³/mol. The number of ether oxygens (including phenoxy) is 1. The first kappa shape index (κ1) is 15.5. The molecule has 1 heterocycles. The van der Waals surface area contributed by atoms with E-state index in [9.17, 15) is 0 Å². The summed E-state index contributed by atoms with van der Waals surface area (Å²) >= 11 is 0. The zero-order valence-corrected chi connectivity index (χ0v) is 12.8. The van der Waals surface area contributed by atoms with E-state index in [1.165, 1.54) is 5.56 Å². The van der Waals surface area contributed by atoms with Gasteiger partial charge in [0.25, 0.3) is 0 Å². The van der Waals surface area contributed by atoms with Gasteiger partial charge in [-0.05, 0) is 44.1 Å². The van der Waals surface area contributed by atoms with E-state index < -0.39 is 0 Å². The second-order valence-electron chi connectivity index (χ2n) is 4.96. The average Bonchev–Trinajstić information content (AvgIpc) is 2.92.